The lowest BCUT2D eigenvalue weighted by atomic mass is 10.0. The van der Waals surface area contributed by atoms with E-state index in [1.54, 1.807) is 30.6 Å². The summed E-state index contributed by atoms with van der Waals surface area (Å²) in [7, 11) is 0. The second-order valence-corrected chi connectivity index (χ2v) is 7.56. The first-order valence-electron chi connectivity index (χ1n) is 8.85. The molecule has 0 saturated heterocycles. The molecule has 0 aliphatic rings. The summed E-state index contributed by atoms with van der Waals surface area (Å²) in [6.07, 6.45) is 2.30. The fourth-order valence-electron chi connectivity index (χ4n) is 2.94. The number of halogens is 3. The van der Waals surface area contributed by atoms with Crippen LogP contribution in [0.4, 0.5) is 13.2 Å². The van der Waals surface area contributed by atoms with Gasteiger partial charge in [-0.1, -0.05) is 24.3 Å². The molecule has 0 atom stereocenters. The number of hydrogen-bond donors (Lipinski definition) is 2. The van der Waals surface area contributed by atoms with Crippen molar-refractivity contribution in [2.75, 3.05) is 0 Å². The van der Waals surface area contributed by atoms with Gasteiger partial charge in [-0.15, -0.1) is 11.3 Å². The maximum Gasteiger partial charge on any atom is 0.427 e. The van der Waals surface area contributed by atoms with E-state index in [1.165, 1.54) is 18.2 Å². The number of amides is 1. The average molecular weight is 442 g/mol. The van der Waals surface area contributed by atoms with E-state index in [-0.39, 0.29) is 10.6 Å². The van der Waals surface area contributed by atoms with E-state index in [1.807, 2.05) is 6.07 Å². The Kier molecular flexibility index (Phi) is 5.15. The lowest BCUT2D eigenvalue weighted by Crippen LogP contribution is -2.04. The predicted molar refractivity (Wildman–Crippen MR) is 110 cm³/mol. The van der Waals surface area contributed by atoms with Gasteiger partial charge in [0, 0.05) is 40.5 Å². The van der Waals surface area contributed by atoms with Crippen LogP contribution in [0, 0.1) is 0 Å². The first kappa shape index (κ1) is 20.5. The van der Waals surface area contributed by atoms with Crippen molar-refractivity contribution in [1.29, 1.82) is 0 Å². The number of aromatic nitrogens is 3. The van der Waals surface area contributed by atoms with Crippen LogP contribution in [0.15, 0.2) is 55.0 Å². The molecule has 0 radical (unpaired) electrons. The summed E-state index contributed by atoms with van der Waals surface area (Å²) < 4.78 is 38.2. The smallest absolute Gasteiger partial charge is 0.366 e. The molecule has 0 bridgehead atoms. The Balaban J connectivity index is 1.61. The standard InChI is InChI=1S/C21H13F3N4O2S/c22-21(23,24)16-10-28-20(31-16)18(30)12-3-1-11(2-4-12)14-7-15-13(5-6-17(25)29)8-26-19(15)27-9-14/h1-10H,(H2,25,29)(H,26,27)/b6-5+. The number of hydrogen-bond acceptors (Lipinski definition) is 5. The summed E-state index contributed by atoms with van der Waals surface area (Å²) in [5.74, 6) is -1.15. The summed E-state index contributed by atoms with van der Waals surface area (Å²) in [5.41, 5.74) is 8.25. The van der Waals surface area contributed by atoms with Crippen LogP contribution in [0.25, 0.3) is 28.2 Å². The van der Waals surface area contributed by atoms with E-state index < -0.39 is 22.7 Å². The molecule has 0 aliphatic heterocycles. The first-order valence-corrected chi connectivity index (χ1v) is 9.67. The number of carbonyl (C=O) groups excluding carboxylic acids is 2. The van der Waals surface area contributed by atoms with Crippen LogP contribution in [0.2, 0.25) is 0 Å². The van der Waals surface area contributed by atoms with Crippen LogP contribution in [0.5, 0.6) is 0 Å². The van der Waals surface area contributed by atoms with Crippen LogP contribution in [-0.4, -0.2) is 26.6 Å². The second kappa shape index (κ2) is 7.80. The summed E-state index contributed by atoms with van der Waals surface area (Å²) in [6.45, 7) is 0. The number of primary amides is 1. The molecule has 0 unspecified atom stereocenters. The number of nitrogens with two attached hydrogens (primary N) is 1. The normalized spacial score (nSPS) is 12.0. The quantitative estimate of drug-likeness (QED) is 0.353. The van der Waals surface area contributed by atoms with Crippen molar-refractivity contribution >= 4 is 40.1 Å². The minimum absolute atomic E-state index is 0.221. The maximum atomic E-state index is 12.7. The molecule has 1 aromatic carbocycles. The van der Waals surface area contributed by atoms with Crippen molar-refractivity contribution in [3.05, 3.63) is 76.0 Å². The molecule has 3 aromatic heterocycles. The third-order valence-electron chi connectivity index (χ3n) is 4.45. The molecule has 6 nitrogen and oxygen atoms in total. The fraction of sp³-hybridized carbons (Fsp3) is 0.0476. The number of ketones is 1. The van der Waals surface area contributed by atoms with Crippen molar-refractivity contribution in [2.24, 2.45) is 5.73 Å². The van der Waals surface area contributed by atoms with Gasteiger partial charge in [-0.05, 0) is 17.7 Å². The number of H-pyrrole nitrogens is 1. The zero-order chi connectivity index (χ0) is 22.2. The Bertz CT molecular complexity index is 1320. The molecule has 31 heavy (non-hydrogen) atoms. The first-order chi connectivity index (χ1) is 14.7. The molecule has 0 aliphatic carbocycles. The zero-order valence-electron chi connectivity index (χ0n) is 15.6. The molecule has 4 aromatic rings. The van der Waals surface area contributed by atoms with Gasteiger partial charge >= 0.3 is 6.18 Å². The summed E-state index contributed by atoms with van der Waals surface area (Å²) in [6, 6.07) is 8.29. The highest BCUT2D eigenvalue weighted by molar-refractivity contribution is 7.13. The van der Waals surface area contributed by atoms with Crippen LogP contribution in [0.1, 0.15) is 25.8 Å². The second-order valence-electron chi connectivity index (χ2n) is 6.53. The van der Waals surface area contributed by atoms with Gasteiger partial charge in [-0.2, -0.15) is 13.2 Å². The highest BCUT2D eigenvalue weighted by atomic mass is 32.1. The van der Waals surface area contributed by atoms with Crippen LogP contribution in [0.3, 0.4) is 0 Å². The Morgan fingerprint density at radius 3 is 2.45 bits per heavy atom. The van der Waals surface area contributed by atoms with E-state index in [0.29, 0.717) is 23.2 Å². The molecule has 156 valence electrons. The Labute approximate surface area is 177 Å². The Morgan fingerprint density at radius 1 is 1.06 bits per heavy atom. The lowest BCUT2D eigenvalue weighted by molar-refractivity contribution is -0.134. The average Bonchev–Trinajstić information content (AvgIpc) is 3.39. The largest absolute Gasteiger partial charge is 0.427 e. The molecular weight excluding hydrogens is 429 g/mol. The monoisotopic (exact) mass is 442 g/mol. The molecule has 4 rings (SSSR count). The van der Waals surface area contributed by atoms with Crippen molar-refractivity contribution in [3.63, 3.8) is 0 Å². The van der Waals surface area contributed by atoms with Crippen molar-refractivity contribution in [3.8, 4) is 11.1 Å². The molecule has 0 fully saturated rings. The van der Waals surface area contributed by atoms with Crippen molar-refractivity contribution < 1.29 is 22.8 Å². The van der Waals surface area contributed by atoms with Gasteiger partial charge in [-0.3, -0.25) is 9.59 Å². The molecule has 3 heterocycles. The number of nitrogens with one attached hydrogen (secondary N) is 1. The van der Waals surface area contributed by atoms with Gasteiger partial charge in [0.2, 0.25) is 11.7 Å². The lowest BCUT2D eigenvalue weighted by Gasteiger charge is -2.04. The van der Waals surface area contributed by atoms with Crippen molar-refractivity contribution in [2.45, 2.75) is 6.18 Å². The topological polar surface area (TPSA) is 102 Å². The van der Waals surface area contributed by atoms with Gasteiger partial charge in [0.25, 0.3) is 0 Å². The van der Waals surface area contributed by atoms with Crippen molar-refractivity contribution in [1.82, 2.24) is 15.0 Å². The minimum Gasteiger partial charge on any atom is -0.366 e. The number of thiazole rings is 1. The number of benzene rings is 1. The third-order valence-corrected chi connectivity index (χ3v) is 5.49. The maximum absolute atomic E-state index is 12.7. The predicted octanol–water partition coefficient (Wildman–Crippen LogP) is 4.43. The third kappa shape index (κ3) is 4.24. The van der Waals surface area contributed by atoms with Gasteiger partial charge in [0.1, 0.15) is 10.5 Å². The van der Waals surface area contributed by atoms with Gasteiger partial charge in [-0.25, -0.2) is 9.97 Å². The van der Waals surface area contributed by atoms with Gasteiger partial charge < -0.3 is 10.7 Å². The fourth-order valence-corrected chi connectivity index (χ4v) is 3.68. The number of pyridine rings is 1. The highest BCUT2D eigenvalue weighted by Crippen LogP contribution is 2.34. The van der Waals surface area contributed by atoms with E-state index in [0.717, 1.165) is 22.1 Å². The molecule has 1 amide bonds. The number of aromatic amines is 1. The number of nitrogens with zero attached hydrogens (tertiary/aromatic N) is 2. The van der Waals surface area contributed by atoms with Crippen LogP contribution >= 0.6 is 11.3 Å². The Hall–Kier alpha value is -3.79. The minimum atomic E-state index is -4.53. The van der Waals surface area contributed by atoms with Crippen LogP contribution < -0.4 is 5.73 Å². The number of carbonyl (C=O) groups is 2. The molecule has 3 N–H and O–H groups in total. The molecule has 10 heteroatoms. The van der Waals surface area contributed by atoms with Crippen LogP contribution in [-0.2, 0) is 11.0 Å². The number of alkyl halides is 3. The summed E-state index contributed by atoms with van der Waals surface area (Å²) in [5, 5.41) is 0.555. The number of rotatable bonds is 5. The van der Waals surface area contributed by atoms with E-state index >= 15 is 0 Å². The van der Waals surface area contributed by atoms with E-state index in [9.17, 15) is 22.8 Å². The number of fused-ring (bicyclic) bond motifs is 1. The zero-order valence-corrected chi connectivity index (χ0v) is 16.4. The molecular formula is C21H13F3N4O2S. The molecule has 0 saturated carbocycles. The highest BCUT2D eigenvalue weighted by Gasteiger charge is 2.34. The Morgan fingerprint density at radius 2 is 1.81 bits per heavy atom. The van der Waals surface area contributed by atoms with E-state index in [4.69, 9.17) is 5.73 Å². The summed E-state index contributed by atoms with van der Waals surface area (Å²) >= 11 is 0.315. The SMILES string of the molecule is NC(=O)/C=C/c1c[nH]c2ncc(-c3ccc(C(=O)c4ncc(C(F)(F)F)s4)cc3)cc12. The van der Waals surface area contributed by atoms with Gasteiger partial charge in [0.15, 0.2) is 5.01 Å². The van der Waals surface area contributed by atoms with Gasteiger partial charge in [0.05, 0.1) is 6.20 Å². The molecule has 0 spiro atoms. The summed E-state index contributed by atoms with van der Waals surface area (Å²) in [4.78, 5) is 33.5. The van der Waals surface area contributed by atoms with E-state index in [2.05, 4.69) is 15.0 Å².